The van der Waals surface area contributed by atoms with Gasteiger partial charge in [0.25, 0.3) is 5.91 Å². The second-order valence-corrected chi connectivity index (χ2v) is 6.50. The van der Waals surface area contributed by atoms with Crippen LogP contribution >= 0.6 is 0 Å². The van der Waals surface area contributed by atoms with Crippen molar-refractivity contribution < 1.29 is 14.7 Å². The van der Waals surface area contributed by atoms with Gasteiger partial charge in [-0.2, -0.15) is 5.10 Å². The topological polar surface area (TPSA) is 110 Å². The van der Waals surface area contributed by atoms with Crippen molar-refractivity contribution in [2.24, 2.45) is 18.2 Å². The maximum atomic E-state index is 11.6. The van der Waals surface area contributed by atoms with Gasteiger partial charge in [0.2, 0.25) is 0 Å². The molecule has 1 aromatic rings. The lowest BCUT2D eigenvalue weighted by molar-refractivity contribution is -0.137. The van der Waals surface area contributed by atoms with Gasteiger partial charge in [-0.1, -0.05) is 20.8 Å². The second kappa shape index (κ2) is 6.15. The van der Waals surface area contributed by atoms with Gasteiger partial charge < -0.3 is 16.2 Å². The maximum Gasteiger partial charge on any atom is 0.305 e. The van der Waals surface area contributed by atoms with E-state index in [1.807, 2.05) is 20.8 Å². The molecular formula is C14H24N4O3. The van der Waals surface area contributed by atoms with Crippen molar-refractivity contribution in [2.75, 3.05) is 5.32 Å². The van der Waals surface area contributed by atoms with E-state index in [4.69, 9.17) is 10.8 Å². The number of amides is 1. The zero-order chi connectivity index (χ0) is 16.4. The fourth-order valence-corrected chi connectivity index (χ4v) is 2.44. The number of aromatic nitrogens is 2. The summed E-state index contributed by atoms with van der Waals surface area (Å²) in [5.41, 5.74) is 6.17. The predicted octanol–water partition coefficient (Wildman–Crippen LogP) is 1.52. The molecule has 1 heterocycles. The first-order valence-corrected chi connectivity index (χ1v) is 6.83. The molecule has 0 fully saturated rings. The van der Waals surface area contributed by atoms with Crippen molar-refractivity contribution in [2.45, 2.75) is 46.6 Å². The van der Waals surface area contributed by atoms with Gasteiger partial charge in [-0.25, -0.2) is 0 Å². The number of rotatable bonds is 6. The molecule has 0 bridgehead atoms. The average molecular weight is 296 g/mol. The molecule has 1 amide bonds. The van der Waals surface area contributed by atoms with Crippen molar-refractivity contribution in [1.29, 1.82) is 0 Å². The highest BCUT2D eigenvalue weighted by Gasteiger charge is 2.25. The number of carbonyl (C=O) groups is 2. The van der Waals surface area contributed by atoms with E-state index in [9.17, 15) is 9.59 Å². The summed E-state index contributed by atoms with van der Waals surface area (Å²) in [6.07, 6.45) is 0.599. The Kier molecular flexibility index (Phi) is 4.98. The minimum Gasteiger partial charge on any atom is -0.481 e. The van der Waals surface area contributed by atoms with Crippen LogP contribution in [-0.4, -0.2) is 32.8 Å². The standard InChI is InChI=1S/C14H24N4O3/c1-8-11(12(15)21)13(18(5)17-8)16-9(6-10(19)20)7-14(2,3)4/h9,16H,6-7H2,1-5H3,(H2,15,21)(H,19,20). The molecule has 7 heteroatoms. The summed E-state index contributed by atoms with van der Waals surface area (Å²) in [5, 5.41) is 16.3. The summed E-state index contributed by atoms with van der Waals surface area (Å²) >= 11 is 0. The van der Waals surface area contributed by atoms with Gasteiger partial charge >= 0.3 is 5.97 Å². The van der Waals surface area contributed by atoms with Crippen LogP contribution in [0.4, 0.5) is 5.82 Å². The van der Waals surface area contributed by atoms with Gasteiger partial charge in [-0.15, -0.1) is 0 Å². The Bertz CT molecular complexity index is 543. The van der Waals surface area contributed by atoms with E-state index in [0.29, 0.717) is 23.5 Å². The Hall–Kier alpha value is -2.05. The van der Waals surface area contributed by atoms with Gasteiger partial charge in [0.05, 0.1) is 12.1 Å². The number of carbonyl (C=O) groups excluding carboxylic acids is 1. The molecule has 21 heavy (non-hydrogen) atoms. The summed E-state index contributed by atoms with van der Waals surface area (Å²) in [7, 11) is 1.69. The van der Waals surface area contributed by atoms with Crippen LogP contribution in [0.5, 0.6) is 0 Å². The number of carboxylic acid groups (broad SMARTS) is 1. The number of primary amides is 1. The number of anilines is 1. The average Bonchev–Trinajstić information content (AvgIpc) is 2.49. The highest BCUT2D eigenvalue weighted by atomic mass is 16.4. The predicted molar refractivity (Wildman–Crippen MR) is 80.2 cm³/mol. The van der Waals surface area contributed by atoms with E-state index in [-0.39, 0.29) is 17.9 Å². The molecule has 0 aliphatic carbocycles. The number of nitrogens with one attached hydrogen (secondary N) is 1. The van der Waals surface area contributed by atoms with Crippen molar-refractivity contribution in [1.82, 2.24) is 9.78 Å². The summed E-state index contributed by atoms with van der Waals surface area (Å²) in [6.45, 7) is 7.80. The highest BCUT2D eigenvalue weighted by Crippen LogP contribution is 2.26. The summed E-state index contributed by atoms with van der Waals surface area (Å²) in [4.78, 5) is 22.6. The monoisotopic (exact) mass is 296 g/mol. The molecule has 1 unspecified atom stereocenters. The number of hydrogen-bond acceptors (Lipinski definition) is 4. The summed E-state index contributed by atoms with van der Waals surface area (Å²) < 4.78 is 1.52. The third-order valence-corrected chi connectivity index (χ3v) is 3.09. The van der Waals surface area contributed by atoms with Crippen molar-refractivity contribution >= 4 is 17.7 Å². The number of aryl methyl sites for hydroxylation is 2. The number of nitrogens with zero attached hydrogens (tertiary/aromatic N) is 2. The largest absolute Gasteiger partial charge is 0.481 e. The third-order valence-electron chi connectivity index (χ3n) is 3.09. The van der Waals surface area contributed by atoms with Crippen LogP contribution in [-0.2, 0) is 11.8 Å². The minimum absolute atomic E-state index is 0.0420. The van der Waals surface area contributed by atoms with Crippen LogP contribution in [0.1, 0.15) is 49.7 Å². The van der Waals surface area contributed by atoms with Gasteiger partial charge in [0.15, 0.2) is 0 Å². The second-order valence-electron chi connectivity index (χ2n) is 6.50. The number of hydrogen-bond donors (Lipinski definition) is 3. The Labute approximate surface area is 124 Å². The zero-order valence-electron chi connectivity index (χ0n) is 13.2. The molecule has 0 radical (unpaired) electrons. The maximum absolute atomic E-state index is 11.6. The summed E-state index contributed by atoms with van der Waals surface area (Å²) in [5.74, 6) is -1.00. The van der Waals surface area contributed by atoms with Crippen LogP contribution in [0.3, 0.4) is 0 Å². The first-order valence-electron chi connectivity index (χ1n) is 6.83. The van der Waals surface area contributed by atoms with Crippen molar-refractivity contribution in [3.05, 3.63) is 11.3 Å². The molecule has 4 N–H and O–H groups in total. The van der Waals surface area contributed by atoms with Crippen molar-refractivity contribution in [3.63, 3.8) is 0 Å². The fourth-order valence-electron chi connectivity index (χ4n) is 2.44. The minimum atomic E-state index is -0.892. The number of nitrogens with two attached hydrogens (primary N) is 1. The van der Waals surface area contributed by atoms with Crippen LogP contribution in [0.15, 0.2) is 0 Å². The molecule has 0 saturated carbocycles. The van der Waals surface area contributed by atoms with E-state index in [1.54, 1.807) is 14.0 Å². The lowest BCUT2D eigenvalue weighted by atomic mass is 9.87. The third kappa shape index (κ3) is 4.77. The van der Waals surface area contributed by atoms with Crippen LogP contribution in [0.2, 0.25) is 0 Å². The lowest BCUT2D eigenvalue weighted by Crippen LogP contribution is -2.30. The first-order chi connectivity index (χ1) is 9.51. The molecule has 0 aliphatic heterocycles. The zero-order valence-corrected chi connectivity index (χ0v) is 13.2. The number of carboxylic acids is 1. The Morgan fingerprint density at radius 1 is 1.43 bits per heavy atom. The molecule has 0 spiro atoms. The quantitative estimate of drug-likeness (QED) is 0.737. The van der Waals surface area contributed by atoms with E-state index in [0.717, 1.165) is 0 Å². The van der Waals surface area contributed by atoms with Gasteiger partial charge in [0, 0.05) is 13.1 Å². The molecule has 1 aromatic heterocycles. The van der Waals surface area contributed by atoms with Gasteiger partial charge in [-0.3, -0.25) is 14.3 Å². The van der Waals surface area contributed by atoms with Crippen molar-refractivity contribution in [3.8, 4) is 0 Å². The fraction of sp³-hybridized carbons (Fsp3) is 0.643. The normalized spacial score (nSPS) is 13.0. The van der Waals surface area contributed by atoms with E-state index >= 15 is 0 Å². The van der Waals surface area contributed by atoms with Crippen LogP contribution in [0.25, 0.3) is 0 Å². The Morgan fingerprint density at radius 3 is 2.43 bits per heavy atom. The SMILES string of the molecule is Cc1nn(C)c(NC(CC(=O)O)CC(C)(C)C)c1C(N)=O. The molecule has 0 aromatic carbocycles. The first kappa shape index (κ1) is 17.0. The Balaban J connectivity index is 3.08. The molecule has 1 rings (SSSR count). The summed E-state index contributed by atoms with van der Waals surface area (Å²) in [6, 6.07) is -0.310. The van der Waals surface area contributed by atoms with E-state index in [1.165, 1.54) is 4.68 Å². The van der Waals surface area contributed by atoms with Gasteiger partial charge in [-0.05, 0) is 18.8 Å². The van der Waals surface area contributed by atoms with Crippen LogP contribution in [0, 0.1) is 12.3 Å². The molecule has 118 valence electrons. The van der Waals surface area contributed by atoms with E-state index in [2.05, 4.69) is 10.4 Å². The highest BCUT2D eigenvalue weighted by molar-refractivity contribution is 5.99. The molecule has 0 saturated heterocycles. The Morgan fingerprint density at radius 2 is 2.00 bits per heavy atom. The van der Waals surface area contributed by atoms with Gasteiger partial charge in [0.1, 0.15) is 11.4 Å². The molecule has 1 atom stereocenters. The molecule has 0 aliphatic rings. The smallest absolute Gasteiger partial charge is 0.305 e. The van der Waals surface area contributed by atoms with Crippen LogP contribution < -0.4 is 11.1 Å². The molecular weight excluding hydrogens is 272 g/mol. The molecule has 7 nitrogen and oxygen atoms in total. The number of aliphatic carboxylic acids is 1. The van der Waals surface area contributed by atoms with E-state index < -0.39 is 11.9 Å². The lowest BCUT2D eigenvalue weighted by Gasteiger charge is -2.26.